The summed E-state index contributed by atoms with van der Waals surface area (Å²) in [5, 5.41) is 13.8. The minimum absolute atomic E-state index is 0.00921. The van der Waals surface area contributed by atoms with Gasteiger partial charge in [-0.2, -0.15) is 0 Å². The zero-order chi connectivity index (χ0) is 30.3. The molecule has 0 aliphatic carbocycles. The number of nitro benzene ring substituents is 1. The average Bonchev–Trinajstić information content (AvgIpc) is 3.66. The maximum absolute atomic E-state index is 13.3. The molecule has 3 heterocycles. The molecule has 1 aromatic heterocycles. The van der Waals surface area contributed by atoms with Crippen LogP contribution in [-0.2, 0) is 16.1 Å². The summed E-state index contributed by atoms with van der Waals surface area (Å²) in [6, 6.07) is 17.8. The van der Waals surface area contributed by atoms with Crippen LogP contribution >= 0.6 is 0 Å². The van der Waals surface area contributed by atoms with Crippen LogP contribution in [0.25, 0.3) is 11.3 Å². The lowest BCUT2D eigenvalue weighted by molar-refractivity contribution is -0.384. The SMILES string of the molecule is COCCCC1c2ccccc2CN1[C@@H]1CCCN(C(=O)C[C@@H](N)CNC(=O)c2ccc(-c3cccc([N+](=O)[O-])c3)o2)C1. The van der Waals surface area contributed by atoms with Crippen LogP contribution in [0.3, 0.4) is 0 Å². The lowest BCUT2D eigenvalue weighted by Crippen LogP contribution is -2.50. The van der Waals surface area contributed by atoms with E-state index in [9.17, 15) is 19.7 Å². The quantitative estimate of drug-likeness (QED) is 0.181. The summed E-state index contributed by atoms with van der Waals surface area (Å²) in [6.07, 6.45) is 4.10. The number of furan rings is 1. The second-order valence-electron chi connectivity index (χ2n) is 11.3. The number of hydrogen-bond acceptors (Lipinski definition) is 8. The average molecular weight is 590 g/mol. The second kappa shape index (κ2) is 13.9. The van der Waals surface area contributed by atoms with E-state index in [2.05, 4.69) is 34.5 Å². The van der Waals surface area contributed by atoms with Crippen LogP contribution in [0, 0.1) is 10.1 Å². The molecule has 2 aromatic carbocycles. The van der Waals surface area contributed by atoms with E-state index in [0.29, 0.717) is 30.5 Å². The Hall–Kier alpha value is -4.06. The van der Waals surface area contributed by atoms with Crippen molar-refractivity contribution >= 4 is 17.5 Å². The molecule has 11 nitrogen and oxygen atoms in total. The van der Waals surface area contributed by atoms with E-state index < -0.39 is 16.9 Å². The van der Waals surface area contributed by atoms with E-state index in [1.807, 2.05) is 4.90 Å². The van der Waals surface area contributed by atoms with Gasteiger partial charge in [-0.05, 0) is 48.9 Å². The van der Waals surface area contributed by atoms with E-state index >= 15 is 0 Å². The van der Waals surface area contributed by atoms with Crippen LogP contribution in [0.1, 0.15) is 59.8 Å². The minimum Gasteiger partial charge on any atom is -0.451 e. The van der Waals surface area contributed by atoms with Crippen molar-refractivity contribution in [1.29, 1.82) is 0 Å². The normalized spacial score (nSPS) is 19.2. The minimum atomic E-state index is -0.555. The lowest BCUT2D eigenvalue weighted by Gasteiger charge is -2.40. The highest BCUT2D eigenvalue weighted by atomic mass is 16.6. The van der Waals surface area contributed by atoms with Crippen molar-refractivity contribution in [1.82, 2.24) is 15.1 Å². The van der Waals surface area contributed by atoms with E-state index in [4.69, 9.17) is 14.9 Å². The van der Waals surface area contributed by atoms with Gasteiger partial charge in [0.25, 0.3) is 11.6 Å². The van der Waals surface area contributed by atoms with E-state index in [1.165, 1.54) is 29.3 Å². The molecule has 2 aliphatic rings. The number of methoxy groups -OCH3 is 1. The fourth-order valence-electron chi connectivity index (χ4n) is 6.19. The van der Waals surface area contributed by atoms with Gasteiger partial charge in [0.15, 0.2) is 5.76 Å². The van der Waals surface area contributed by atoms with Crippen molar-refractivity contribution in [2.45, 2.75) is 56.8 Å². The number of benzene rings is 2. The number of nitrogens with two attached hydrogens (primary N) is 1. The number of likely N-dealkylation sites (tertiary alicyclic amines) is 1. The van der Waals surface area contributed by atoms with Crippen molar-refractivity contribution in [2.75, 3.05) is 33.4 Å². The molecule has 3 aromatic rings. The van der Waals surface area contributed by atoms with Crippen LogP contribution in [0.2, 0.25) is 0 Å². The zero-order valence-electron chi connectivity index (χ0n) is 24.4. The molecular formula is C32H39N5O6. The fraction of sp³-hybridized carbons (Fsp3) is 0.438. The predicted octanol–water partition coefficient (Wildman–Crippen LogP) is 4.28. The Balaban J connectivity index is 1.13. The molecule has 228 valence electrons. The molecule has 11 heteroatoms. The molecule has 2 aliphatic heterocycles. The molecule has 0 bridgehead atoms. The molecule has 43 heavy (non-hydrogen) atoms. The molecule has 0 spiro atoms. The first kappa shape index (κ1) is 30.4. The molecule has 3 N–H and O–H groups in total. The van der Waals surface area contributed by atoms with Crippen LogP contribution in [0.15, 0.2) is 65.1 Å². The van der Waals surface area contributed by atoms with Crippen molar-refractivity contribution in [3.05, 3.63) is 87.7 Å². The maximum atomic E-state index is 13.3. The Morgan fingerprint density at radius 3 is 2.84 bits per heavy atom. The summed E-state index contributed by atoms with van der Waals surface area (Å²) in [6.45, 7) is 3.10. The van der Waals surface area contributed by atoms with Gasteiger partial charge < -0.3 is 25.1 Å². The van der Waals surface area contributed by atoms with Crippen LogP contribution in [-0.4, -0.2) is 72.0 Å². The molecule has 1 fully saturated rings. The van der Waals surface area contributed by atoms with Crippen molar-refractivity contribution in [3.63, 3.8) is 0 Å². The summed E-state index contributed by atoms with van der Waals surface area (Å²) in [7, 11) is 1.73. The number of nitrogens with one attached hydrogen (secondary N) is 1. The van der Waals surface area contributed by atoms with Crippen molar-refractivity contribution in [2.24, 2.45) is 5.73 Å². The van der Waals surface area contributed by atoms with Crippen molar-refractivity contribution in [3.8, 4) is 11.3 Å². The highest BCUT2D eigenvalue weighted by molar-refractivity contribution is 5.92. The molecule has 1 saturated heterocycles. The molecule has 2 amide bonds. The Morgan fingerprint density at radius 1 is 1.19 bits per heavy atom. The summed E-state index contributed by atoms with van der Waals surface area (Å²) in [5.74, 6) is -0.0728. The van der Waals surface area contributed by atoms with Crippen LogP contribution in [0.4, 0.5) is 5.69 Å². The summed E-state index contributed by atoms with van der Waals surface area (Å²) in [5.41, 5.74) is 9.45. The number of amides is 2. The highest BCUT2D eigenvalue weighted by Crippen LogP contribution is 2.39. The van der Waals surface area contributed by atoms with E-state index in [1.54, 1.807) is 25.3 Å². The second-order valence-corrected chi connectivity index (χ2v) is 11.3. The van der Waals surface area contributed by atoms with Gasteiger partial charge in [0.05, 0.1) is 4.92 Å². The molecular weight excluding hydrogens is 550 g/mol. The summed E-state index contributed by atoms with van der Waals surface area (Å²) in [4.78, 5) is 41.0. The maximum Gasteiger partial charge on any atom is 0.287 e. The monoisotopic (exact) mass is 589 g/mol. The summed E-state index contributed by atoms with van der Waals surface area (Å²) < 4.78 is 10.9. The first-order valence-electron chi connectivity index (χ1n) is 14.8. The first-order valence-corrected chi connectivity index (χ1v) is 14.8. The third-order valence-electron chi connectivity index (χ3n) is 8.34. The molecule has 0 radical (unpaired) electrons. The van der Waals surface area contributed by atoms with Gasteiger partial charge in [-0.15, -0.1) is 0 Å². The first-order chi connectivity index (χ1) is 20.8. The number of nitrogens with zero attached hydrogens (tertiary/aromatic N) is 3. The largest absolute Gasteiger partial charge is 0.451 e. The Bertz CT molecular complexity index is 1440. The molecule has 0 saturated carbocycles. The van der Waals surface area contributed by atoms with Gasteiger partial charge in [0.2, 0.25) is 5.91 Å². The Labute approximate surface area is 251 Å². The zero-order valence-corrected chi connectivity index (χ0v) is 24.4. The summed E-state index contributed by atoms with van der Waals surface area (Å²) >= 11 is 0. The fourth-order valence-corrected chi connectivity index (χ4v) is 6.19. The third kappa shape index (κ3) is 7.30. The Kier molecular flexibility index (Phi) is 9.86. The van der Waals surface area contributed by atoms with Crippen LogP contribution in [0.5, 0.6) is 0 Å². The smallest absolute Gasteiger partial charge is 0.287 e. The van der Waals surface area contributed by atoms with E-state index in [0.717, 1.165) is 38.8 Å². The number of fused-ring (bicyclic) bond motifs is 1. The molecule has 1 unspecified atom stereocenters. The van der Waals surface area contributed by atoms with Gasteiger partial charge in [0, 0.05) is 82.1 Å². The number of carbonyl (C=O) groups excluding carboxylic acids is 2. The molecule has 5 rings (SSSR count). The van der Waals surface area contributed by atoms with Gasteiger partial charge >= 0.3 is 0 Å². The predicted molar refractivity (Wildman–Crippen MR) is 161 cm³/mol. The van der Waals surface area contributed by atoms with E-state index in [-0.39, 0.29) is 36.4 Å². The number of ether oxygens (including phenoxy) is 1. The number of carbonyl (C=O) groups is 2. The lowest BCUT2D eigenvalue weighted by atomic mass is 9.98. The van der Waals surface area contributed by atoms with Gasteiger partial charge in [-0.3, -0.25) is 24.6 Å². The number of rotatable bonds is 12. The van der Waals surface area contributed by atoms with Gasteiger partial charge in [-0.1, -0.05) is 36.4 Å². The standard InChI is InChI=1S/C32H39N5O6/c1-42-16-6-12-28-27-11-3-2-7-23(27)20-36(28)26-10-5-15-35(21-26)31(38)18-24(33)19-34-32(39)30-14-13-29(43-30)22-8-4-9-25(17-22)37(40)41/h2-4,7-9,11,13-14,17,24,26,28H,5-6,10,12,15-16,18-21,33H2,1H3,(H,34,39)/t24-,26-,28?/m1/s1. The number of piperidine rings is 1. The Morgan fingerprint density at radius 2 is 2.02 bits per heavy atom. The number of nitro groups is 1. The highest BCUT2D eigenvalue weighted by Gasteiger charge is 2.37. The third-order valence-corrected chi connectivity index (χ3v) is 8.34. The van der Waals surface area contributed by atoms with Crippen molar-refractivity contribution < 1.29 is 23.7 Å². The number of hydrogen-bond donors (Lipinski definition) is 2. The van der Waals surface area contributed by atoms with Gasteiger partial charge in [-0.25, -0.2) is 0 Å². The van der Waals surface area contributed by atoms with Gasteiger partial charge in [0.1, 0.15) is 5.76 Å². The number of non-ortho nitro benzene ring substituents is 1. The topological polar surface area (TPSA) is 144 Å². The van der Waals surface area contributed by atoms with Crippen LogP contribution < -0.4 is 11.1 Å². The molecule has 3 atom stereocenters.